The maximum atomic E-state index is 13.9. The van der Waals surface area contributed by atoms with Crippen molar-refractivity contribution >= 4 is 17.1 Å². The van der Waals surface area contributed by atoms with Gasteiger partial charge in [-0.15, -0.1) is 0 Å². The molecule has 0 amide bonds. The fraction of sp³-hybridized carbons (Fsp3) is 0.172. The molecule has 0 radical (unpaired) electrons. The summed E-state index contributed by atoms with van der Waals surface area (Å²) in [6.07, 6.45) is -3.67. The Balaban J connectivity index is 1.60. The molecule has 172 valence electrons. The maximum Gasteiger partial charge on any atom is 0.418 e. The van der Waals surface area contributed by atoms with Crippen molar-refractivity contribution in [2.75, 3.05) is 23.9 Å². The van der Waals surface area contributed by atoms with Gasteiger partial charge in [0.1, 0.15) is 0 Å². The summed E-state index contributed by atoms with van der Waals surface area (Å²) in [5.74, 6) is 0. The molecule has 0 saturated heterocycles. The first kappa shape index (κ1) is 22.1. The van der Waals surface area contributed by atoms with Crippen LogP contribution in [0.1, 0.15) is 22.3 Å². The van der Waals surface area contributed by atoms with Crippen LogP contribution in [-0.4, -0.2) is 14.1 Å². The second-order valence-corrected chi connectivity index (χ2v) is 8.84. The highest BCUT2D eigenvalue weighted by molar-refractivity contribution is 5.82. The van der Waals surface area contributed by atoms with E-state index in [4.69, 9.17) is 0 Å². The smallest absolute Gasteiger partial charge is 0.378 e. The molecule has 0 aliphatic heterocycles. The van der Waals surface area contributed by atoms with E-state index in [1.54, 1.807) is 17.0 Å². The molecule has 2 nitrogen and oxygen atoms in total. The van der Waals surface area contributed by atoms with E-state index >= 15 is 0 Å². The summed E-state index contributed by atoms with van der Waals surface area (Å²) in [5.41, 5.74) is 7.05. The summed E-state index contributed by atoms with van der Waals surface area (Å²) in [5, 5.41) is 0. The first-order valence-corrected chi connectivity index (χ1v) is 11.2. The van der Waals surface area contributed by atoms with E-state index in [-0.39, 0.29) is 5.69 Å². The second-order valence-electron chi connectivity index (χ2n) is 8.84. The Morgan fingerprint density at radius 1 is 0.706 bits per heavy atom. The van der Waals surface area contributed by atoms with Gasteiger partial charge in [0, 0.05) is 32.0 Å². The van der Waals surface area contributed by atoms with Gasteiger partial charge in [-0.1, -0.05) is 54.6 Å². The van der Waals surface area contributed by atoms with Gasteiger partial charge in [0.2, 0.25) is 0 Å². The van der Waals surface area contributed by atoms with Gasteiger partial charge in [0.25, 0.3) is 0 Å². The number of hydrogen-bond donors (Lipinski definition) is 0. The fourth-order valence-electron chi connectivity index (χ4n) is 4.64. The van der Waals surface area contributed by atoms with Gasteiger partial charge in [0.15, 0.2) is 0 Å². The summed E-state index contributed by atoms with van der Waals surface area (Å²) >= 11 is 0. The van der Waals surface area contributed by atoms with Crippen LogP contribution in [-0.2, 0) is 19.1 Å². The third-order valence-electron chi connectivity index (χ3n) is 6.37. The van der Waals surface area contributed by atoms with Gasteiger partial charge >= 0.3 is 6.18 Å². The van der Waals surface area contributed by atoms with E-state index in [1.165, 1.54) is 17.2 Å². The average Bonchev–Trinajstić information content (AvgIpc) is 3.19. The fourth-order valence-corrected chi connectivity index (χ4v) is 4.64. The Labute approximate surface area is 197 Å². The molecule has 0 N–H and O–H groups in total. The SMILES string of the molecule is CN(C)c1ccc2c(c1)-c1ccc(N(Cc3ccccc3)c3ccccc3C(F)(F)F)cc1C2. The van der Waals surface area contributed by atoms with Crippen molar-refractivity contribution in [2.45, 2.75) is 19.1 Å². The molecule has 0 heterocycles. The summed E-state index contributed by atoms with van der Waals surface area (Å²) in [4.78, 5) is 3.84. The molecule has 1 aliphatic carbocycles. The third-order valence-corrected chi connectivity index (χ3v) is 6.37. The standard InChI is InChI=1S/C29H25F3N2/c1-33(2)23-13-12-21-16-22-17-24(14-15-25(22)26(21)18-23)34(19-20-8-4-3-5-9-20)28-11-7-6-10-27(28)29(30,31)32/h3-15,17-18H,16,19H2,1-2H3. The molecule has 5 rings (SSSR count). The zero-order valence-corrected chi connectivity index (χ0v) is 19.1. The lowest BCUT2D eigenvalue weighted by atomic mass is 10.0. The zero-order chi connectivity index (χ0) is 23.9. The van der Waals surface area contributed by atoms with Crippen LogP contribution in [0.3, 0.4) is 0 Å². The van der Waals surface area contributed by atoms with Gasteiger partial charge in [-0.2, -0.15) is 13.2 Å². The number of halogens is 3. The van der Waals surface area contributed by atoms with Crippen LogP contribution in [0.4, 0.5) is 30.2 Å². The molecule has 4 aromatic carbocycles. The highest BCUT2D eigenvalue weighted by Gasteiger charge is 2.35. The highest BCUT2D eigenvalue weighted by atomic mass is 19.4. The van der Waals surface area contributed by atoms with Crippen LogP contribution in [0, 0.1) is 0 Å². The van der Waals surface area contributed by atoms with Crippen molar-refractivity contribution in [2.24, 2.45) is 0 Å². The molecule has 0 fully saturated rings. The quantitative estimate of drug-likeness (QED) is 0.266. The van der Waals surface area contributed by atoms with E-state index in [1.807, 2.05) is 62.6 Å². The van der Waals surface area contributed by atoms with Crippen molar-refractivity contribution in [3.63, 3.8) is 0 Å². The lowest BCUT2D eigenvalue weighted by Gasteiger charge is -2.28. The van der Waals surface area contributed by atoms with Crippen LogP contribution in [0.2, 0.25) is 0 Å². The number of fused-ring (bicyclic) bond motifs is 3. The minimum atomic E-state index is -4.44. The van der Waals surface area contributed by atoms with Gasteiger partial charge in [-0.3, -0.25) is 0 Å². The lowest BCUT2D eigenvalue weighted by Crippen LogP contribution is -2.21. The maximum absolute atomic E-state index is 13.9. The number of nitrogens with zero attached hydrogens (tertiary/aromatic N) is 2. The van der Waals surface area contributed by atoms with Crippen LogP contribution < -0.4 is 9.80 Å². The van der Waals surface area contributed by atoms with Crippen LogP contribution >= 0.6 is 0 Å². The van der Waals surface area contributed by atoms with Crippen LogP contribution in [0.5, 0.6) is 0 Å². The number of para-hydroxylation sites is 1. The normalized spacial score (nSPS) is 12.3. The molecule has 0 aromatic heterocycles. The van der Waals surface area contributed by atoms with E-state index in [0.29, 0.717) is 6.54 Å². The Kier molecular flexibility index (Phi) is 5.56. The van der Waals surface area contributed by atoms with E-state index in [0.717, 1.165) is 40.6 Å². The van der Waals surface area contributed by atoms with Crippen molar-refractivity contribution in [3.05, 3.63) is 113 Å². The van der Waals surface area contributed by atoms with E-state index < -0.39 is 11.7 Å². The van der Waals surface area contributed by atoms with Crippen molar-refractivity contribution in [1.29, 1.82) is 0 Å². The van der Waals surface area contributed by atoms with Crippen LogP contribution in [0.25, 0.3) is 11.1 Å². The Morgan fingerprint density at radius 2 is 1.41 bits per heavy atom. The summed E-state index contributed by atoms with van der Waals surface area (Å²) in [6, 6.07) is 27.9. The average molecular weight is 459 g/mol. The molecule has 34 heavy (non-hydrogen) atoms. The minimum Gasteiger partial charge on any atom is -0.378 e. The monoisotopic (exact) mass is 458 g/mol. The summed E-state index contributed by atoms with van der Waals surface area (Å²) in [7, 11) is 4.03. The molecule has 4 aromatic rings. The Hall–Kier alpha value is -3.73. The molecule has 0 atom stereocenters. The van der Waals surface area contributed by atoms with Gasteiger partial charge in [-0.05, 0) is 70.6 Å². The topological polar surface area (TPSA) is 6.48 Å². The minimum absolute atomic E-state index is 0.157. The molecule has 1 aliphatic rings. The Morgan fingerprint density at radius 3 is 2.15 bits per heavy atom. The van der Waals surface area contributed by atoms with Crippen molar-refractivity contribution in [3.8, 4) is 11.1 Å². The van der Waals surface area contributed by atoms with Crippen molar-refractivity contribution in [1.82, 2.24) is 0 Å². The van der Waals surface area contributed by atoms with E-state index in [2.05, 4.69) is 23.1 Å². The zero-order valence-electron chi connectivity index (χ0n) is 19.1. The lowest BCUT2D eigenvalue weighted by molar-refractivity contribution is -0.137. The molecular formula is C29H25F3N2. The molecule has 0 spiro atoms. The number of rotatable bonds is 5. The van der Waals surface area contributed by atoms with E-state index in [9.17, 15) is 13.2 Å². The second kappa shape index (κ2) is 8.56. The molecule has 0 bridgehead atoms. The number of benzene rings is 4. The van der Waals surface area contributed by atoms with Crippen LogP contribution in [0.15, 0.2) is 91.0 Å². The van der Waals surface area contributed by atoms with Gasteiger partial charge in [0.05, 0.1) is 11.3 Å². The molecule has 0 saturated carbocycles. The first-order chi connectivity index (χ1) is 16.3. The Bertz CT molecular complexity index is 1330. The van der Waals surface area contributed by atoms with Crippen molar-refractivity contribution < 1.29 is 13.2 Å². The summed E-state index contributed by atoms with van der Waals surface area (Å²) in [6.45, 7) is 0.338. The van der Waals surface area contributed by atoms with Gasteiger partial charge < -0.3 is 9.80 Å². The number of anilines is 3. The molecule has 5 heteroatoms. The molecule has 0 unspecified atom stereocenters. The molecular weight excluding hydrogens is 433 g/mol. The number of hydrogen-bond acceptors (Lipinski definition) is 2. The predicted octanol–water partition coefficient (Wildman–Crippen LogP) is 7.68. The summed E-state index contributed by atoms with van der Waals surface area (Å²) < 4.78 is 41.8. The predicted molar refractivity (Wildman–Crippen MR) is 133 cm³/mol. The third kappa shape index (κ3) is 4.14. The van der Waals surface area contributed by atoms with Gasteiger partial charge in [-0.25, -0.2) is 0 Å². The largest absolute Gasteiger partial charge is 0.418 e. The number of alkyl halides is 3. The first-order valence-electron chi connectivity index (χ1n) is 11.2. The highest BCUT2D eigenvalue weighted by Crippen LogP contribution is 2.43.